The zero-order valence-electron chi connectivity index (χ0n) is 10.8. The van der Waals surface area contributed by atoms with E-state index < -0.39 is 0 Å². The van der Waals surface area contributed by atoms with Crippen molar-refractivity contribution in [3.05, 3.63) is 53.3 Å². The van der Waals surface area contributed by atoms with Gasteiger partial charge < -0.3 is 9.47 Å². The van der Waals surface area contributed by atoms with Crippen molar-refractivity contribution in [1.82, 2.24) is 0 Å². The largest absolute Gasteiger partial charge is 0.497 e. The zero-order valence-corrected chi connectivity index (χ0v) is 10.8. The second-order valence-electron chi connectivity index (χ2n) is 4.20. The molecule has 1 aliphatic rings. The average Bonchev–Trinajstić information content (AvgIpc) is 2.41. The smallest absolute Gasteiger partial charge is 0.223 e. The van der Waals surface area contributed by atoms with Gasteiger partial charge in [-0.25, -0.2) is 0 Å². The van der Waals surface area contributed by atoms with Gasteiger partial charge in [0.25, 0.3) is 0 Å². The number of methoxy groups -OCH3 is 1. The van der Waals surface area contributed by atoms with Crippen molar-refractivity contribution in [2.45, 2.75) is 13.5 Å². The highest BCUT2D eigenvalue weighted by atomic mass is 16.5. The number of Topliss-reactive ketones (excluding diaryl/α,β-unsaturated/α-hetero) is 1. The van der Waals surface area contributed by atoms with Crippen LogP contribution in [0.1, 0.15) is 12.5 Å². The Kier molecular flexibility index (Phi) is 3.80. The molecule has 0 amide bonds. The van der Waals surface area contributed by atoms with Crippen LogP contribution in [-0.4, -0.2) is 18.7 Å². The van der Waals surface area contributed by atoms with E-state index in [9.17, 15) is 9.59 Å². The van der Waals surface area contributed by atoms with Crippen molar-refractivity contribution in [3.63, 3.8) is 0 Å². The highest BCUT2D eigenvalue weighted by Crippen LogP contribution is 2.17. The standard InChI is InChI=1S/C15H14O4/c1-10-7-12(16)8-14(15(10)17)19-9-11-3-5-13(18-2)6-4-11/h3-8H,9H2,1-2H3. The maximum Gasteiger partial charge on any atom is 0.223 e. The van der Waals surface area contributed by atoms with Crippen LogP contribution < -0.4 is 4.74 Å². The minimum Gasteiger partial charge on any atom is -0.497 e. The average molecular weight is 258 g/mol. The zero-order chi connectivity index (χ0) is 13.8. The Labute approximate surface area is 111 Å². The van der Waals surface area contributed by atoms with E-state index in [0.717, 1.165) is 11.3 Å². The van der Waals surface area contributed by atoms with E-state index in [0.29, 0.717) is 5.57 Å². The minimum atomic E-state index is -0.242. The Morgan fingerprint density at radius 1 is 1.05 bits per heavy atom. The molecule has 1 aliphatic carbocycles. The molecule has 19 heavy (non-hydrogen) atoms. The minimum absolute atomic E-state index is 0.0980. The fourth-order valence-corrected chi connectivity index (χ4v) is 1.70. The van der Waals surface area contributed by atoms with Gasteiger partial charge in [0.15, 0.2) is 11.5 Å². The van der Waals surface area contributed by atoms with Crippen LogP contribution in [0.4, 0.5) is 0 Å². The molecule has 0 heterocycles. The lowest BCUT2D eigenvalue weighted by molar-refractivity contribution is -0.118. The number of ketones is 2. The predicted molar refractivity (Wildman–Crippen MR) is 69.6 cm³/mol. The quantitative estimate of drug-likeness (QED) is 0.777. The lowest BCUT2D eigenvalue weighted by Gasteiger charge is -2.12. The van der Waals surface area contributed by atoms with Crippen molar-refractivity contribution in [1.29, 1.82) is 0 Å². The lowest BCUT2D eigenvalue weighted by Crippen LogP contribution is -2.14. The van der Waals surface area contributed by atoms with E-state index in [1.807, 2.05) is 24.3 Å². The number of ether oxygens (including phenoxy) is 2. The number of benzene rings is 1. The topological polar surface area (TPSA) is 52.6 Å². The maximum atomic E-state index is 11.8. The van der Waals surface area contributed by atoms with Crippen molar-refractivity contribution in [3.8, 4) is 5.75 Å². The predicted octanol–water partition coefficient (Wildman–Crippen LogP) is 2.19. The first kappa shape index (κ1) is 13.1. The molecule has 0 saturated heterocycles. The summed E-state index contributed by atoms with van der Waals surface area (Å²) in [6, 6.07) is 7.31. The van der Waals surface area contributed by atoms with Crippen LogP contribution in [0.5, 0.6) is 5.75 Å². The molecule has 98 valence electrons. The van der Waals surface area contributed by atoms with Gasteiger partial charge in [-0.3, -0.25) is 9.59 Å². The molecule has 0 unspecified atom stereocenters. The van der Waals surface area contributed by atoms with Crippen molar-refractivity contribution >= 4 is 11.6 Å². The third-order valence-electron chi connectivity index (χ3n) is 2.77. The number of rotatable bonds is 4. The number of allylic oxidation sites excluding steroid dienone is 3. The Bertz CT molecular complexity index is 564. The Morgan fingerprint density at radius 2 is 1.74 bits per heavy atom. The molecule has 0 spiro atoms. The van der Waals surface area contributed by atoms with E-state index in [2.05, 4.69) is 0 Å². The van der Waals surface area contributed by atoms with Gasteiger partial charge in [0, 0.05) is 11.6 Å². The van der Waals surface area contributed by atoms with Gasteiger partial charge >= 0.3 is 0 Å². The molecule has 0 radical (unpaired) electrons. The summed E-state index contributed by atoms with van der Waals surface area (Å²) in [4.78, 5) is 23.1. The van der Waals surface area contributed by atoms with Crippen molar-refractivity contribution < 1.29 is 19.1 Å². The lowest BCUT2D eigenvalue weighted by atomic mass is 10.0. The Morgan fingerprint density at radius 3 is 2.37 bits per heavy atom. The molecule has 0 bridgehead atoms. The van der Waals surface area contributed by atoms with Gasteiger partial charge in [-0.05, 0) is 30.7 Å². The van der Waals surface area contributed by atoms with Crippen LogP contribution in [0.2, 0.25) is 0 Å². The summed E-state index contributed by atoms with van der Waals surface area (Å²) in [5.74, 6) is 0.390. The molecule has 0 aliphatic heterocycles. The highest BCUT2D eigenvalue weighted by Gasteiger charge is 2.19. The van der Waals surface area contributed by atoms with Crippen LogP contribution >= 0.6 is 0 Å². The SMILES string of the molecule is COc1ccc(COC2=CC(=O)C=C(C)C2=O)cc1. The van der Waals surface area contributed by atoms with Crippen LogP contribution in [-0.2, 0) is 20.9 Å². The Hall–Kier alpha value is -2.36. The summed E-state index contributed by atoms with van der Waals surface area (Å²) in [5, 5.41) is 0. The fourth-order valence-electron chi connectivity index (χ4n) is 1.70. The van der Waals surface area contributed by atoms with Gasteiger partial charge in [-0.1, -0.05) is 12.1 Å². The highest BCUT2D eigenvalue weighted by molar-refractivity contribution is 6.18. The summed E-state index contributed by atoms with van der Waals surface area (Å²) in [6.07, 6.45) is 2.53. The summed E-state index contributed by atoms with van der Waals surface area (Å²) in [6.45, 7) is 1.84. The molecule has 1 aromatic carbocycles. The number of carbonyl (C=O) groups excluding carboxylic acids is 2. The third kappa shape index (κ3) is 3.10. The first-order valence-corrected chi connectivity index (χ1v) is 5.84. The van der Waals surface area contributed by atoms with E-state index in [4.69, 9.17) is 9.47 Å². The van der Waals surface area contributed by atoms with Crippen molar-refractivity contribution in [2.24, 2.45) is 0 Å². The van der Waals surface area contributed by atoms with Gasteiger partial charge in [-0.2, -0.15) is 0 Å². The molecular formula is C15H14O4. The molecule has 4 heteroatoms. The molecular weight excluding hydrogens is 244 g/mol. The van der Waals surface area contributed by atoms with E-state index in [1.165, 1.54) is 12.2 Å². The molecule has 1 aromatic rings. The van der Waals surface area contributed by atoms with Crippen LogP contribution in [0.25, 0.3) is 0 Å². The number of hydrogen-bond acceptors (Lipinski definition) is 4. The first-order valence-electron chi connectivity index (χ1n) is 5.84. The van der Waals surface area contributed by atoms with Gasteiger partial charge in [0.1, 0.15) is 12.4 Å². The second kappa shape index (κ2) is 5.52. The van der Waals surface area contributed by atoms with Gasteiger partial charge in [0.05, 0.1) is 7.11 Å². The summed E-state index contributed by atoms with van der Waals surface area (Å²) >= 11 is 0. The summed E-state index contributed by atoms with van der Waals surface area (Å²) < 4.78 is 10.5. The molecule has 2 rings (SSSR count). The molecule has 0 saturated carbocycles. The van der Waals surface area contributed by atoms with E-state index in [-0.39, 0.29) is 23.9 Å². The van der Waals surface area contributed by atoms with Gasteiger partial charge in [-0.15, -0.1) is 0 Å². The molecule has 4 nitrogen and oxygen atoms in total. The van der Waals surface area contributed by atoms with E-state index >= 15 is 0 Å². The van der Waals surface area contributed by atoms with Gasteiger partial charge in [0.2, 0.25) is 5.78 Å². The second-order valence-corrected chi connectivity index (χ2v) is 4.20. The molecule has 0 fully saturated rings. The number of hydrogen-bond donors (Lipinski definition) is 0. The first-order chi connectivity index (χ1) is 9.10. The Balaban J connectivity index is 2.02. The normalized spacial score (nSPS) is 14.8. The molecule has 0 aromatic heterocycles. The molecule has 0 N–H and O–H groups in total. The molecule has 0 atom stereocenters. The van der Waals surface area contributed by atoms with Crippen LogP contribution in [0.3, 0.4) is 0 Å². The monoisotopic (exact) mass is 258 g/mol. The summed E-state index contributed by atoms with van der Waals surface area (Å²) in [7, 11) is 1.59. The number of carbonyl (C=O) groups is 2. The van der Waals surface area contributed by atoms with Crippen molar-refractivity contribution in [2.75, 3.05) is 7.11 Å². The third-order valence-corrected chi connectivity index (χ3v) is 2.77. The van der Waals surface area contributed by atoms with Crippen LogP contribution in [0.15, 0.2) is 47.7 Å². The maximum absolute atomic E-state index is 11.8. The van der Waals surface area contributed by atoms with Crippen LogP contribution in [0, 0.1) is 0 Å². The van der Waals surface area contributed by atoms with E-state index in [1.54, 1.807) is 14.0 Å². The fraction of sp³-hybridized carbons (Fsp3) is 0.200. The summed E-state index contributed by atoms with van der Waals surface area (Å²) in [5.41, 5.74) is 1.30.